The fourth-order valence-corrected chi connectivity index (χ4v) is 5.58. The minimum Gasteiger partial charge on any atom is -0.497 e. The van der Waals surface area contributed by atoms with Crippen LogP contribution in [0.5, 0.6) is 17.2 Å². The van der Waals surface area contributed by atoms with Crippen molar-refractivity contribution in [1.82, 2.24) is 19.6 Å². The number of aryl methyl sites for hydroxylation is 1. The van der Waals surface area contributed by atoms with E-state index in [1.807, 2.05) is 36.1 Å². The number of alkyl halides is 5. The minimum atomic E-state index is -4.58. The highest BCUT2D eigenvalue weighted by atomic mass is 19.4. The number of aromatic nitrogens is 4. The Morgan fingerprint density at radius 2 is 1.63 bits per heavy atom. The molecule has 0 saturated heterocycles. The second-order valence-corrected chi connectivity index (χ2v) is 10.7. The summed E-state index contributed by atoms with van der Waals surface area (Å²) in [6.45, 7) is 2.45. The number of anilines is 1. The maximum Gasteiger partial charge on any atom is 0.391 e. The molecule has 5 rings (SSSR count). The highest BCUT2D eigenvalue weighted by Crippen LogP contribution is 2.50. The van der Waals surface area contributed by atoms with Crippen LogP contribution in [0.1, 0.15) is 47.7 Å². The number of hydrogen-bond donors (Lipinski definition) is 0. The van der Waals surface area contributed by atoms with Gasteiger partial charge in [-0.3, -0.25) is 4.40 Å². The lowest BCUT2D eigenvalue weighted by Crippen LogP contribution is -2.39. The fourth-order valence-electron chi connectivity index (χ4n) is 5.58. The van der Waals surface area contributed by atoms with Gasteiger partial charge >= 0.3 is 6.18 Å². The number of hydrogen-bond acceptors (Lipinski definition) is 7. The number of fused-ring (bicyclic) bond motifs is 1. The van der Waals surface area contributed by atoms with Gasteiger partial charge in [-0.05, 0) is 43.5 Å². The van der Waals surface area contributed by atoms with Gasteiger partial charge in [0.15, 0.2) is 5.82 Å². The summed E-state index contributed by atoms with van der Waals surface area (Å²) >= 11 is 0. The van der Waals surface area contributed by atoms with Gasteiger partial charge in [-0.2, -0.15) is 13.2 Å². The van der Waals surface area contributed by atoms with E-state index in [0.717, 1.165) is 16.7 Å². The van der Waals surface area contributed by atoms with Crippen LogP contribution in [0.15, 0.2) is 48.8 Å². The average molecular weight is 606 g/mol. The van der Waals surface area contributed by atoms with Crippen molar-refractivity contribution >= 4 is 11.5 Å². The third-order valence-electron chi connectivity index (χ3n) is 7.92. The third kappa shape index (κ3) is 6.16. The van der Waals surface area contributed by atoms with Gasteiger partial charge in [0, 0.05) is 49.1 Å². The smallest absolute Gasteiger partial charge is 0.391 e. The van der Waals surface area contributed by atoms with Gasteiger partial charge in [-0.1, -0.05) is 12.1 Å². The average Bonchev–Trinajstić information content (AvgIpc) is 3.41. The van der Waals surface area contributed by atoms with E-state index >= 15 is 8.78 Å². The summed E-state index contributed by atoms with van der Waals surface area (Å²) in [4.78, 5) is 6.40. The molecule has 8 nitrogen and oxygen atoms in total. The molecule has 43 heavy (non-hydrogen) atoms. The van der Waals surface area contributed by atoms with Gasteiger partial charge in [0.25, 0.3) is 5.92 Å². The number of nitrogens with zero attached hydrogens (tertiary/aromatic N) is 5. The normalized spacial score (nSPS) is 18.4. The first-order valence-electron chi connectivity index (χ1n) is 13.7. The van der Waals surface area contributed by atoms with Crippen LogP contribution < -0.4 is 19.1 Å². The molecule has 1 saturated carbocycles. The molecule has 1 fully saturated rings. The van der Waals surface area contributed by atoms with Crippen molar-refractivity contribution in [2.75, 3.05) is 26.2 Å². The summed E-state index contributed by atoms with van der Waals surface area (Å²) in [5.74, 6) is -5.12. The Labute approximate surface area is 245 Å². The molecule has 4 aromatic rings. The van der Waals surface area contributed by atoms with Crippen LogP contribution in [-0.2, 0) is 13.1 Å². The molecule has 1 aliphatic rings. The Morgan fingerprint density at radius 1 is 0.953 bits per heavy atom. The number of ether oxygens (including phenoxy) is 3. The molecule has 0 spiro atoms. The third-order valence-corrected chi connectivity index (χ3v) is 7.92. The van der Waals surface area contributed by atoms with Gasteiger partial charge in [-0.25, -0.2) is 13.8 Å². The number of rotatable bonds is 9. The van der Waals surface area contributed by atoms with Gasteiger partial charge in [0.2, 0.25) is 5.65 Å². The Kier molecular flexibility index (Phi) is 8.35. The van der Waals surface area contributed by atoms with Crippen LogP contribution in [0.25, 0.3) is 5.65 Å². The topological polar surface area (TPSA) is 74.0 Å². The zero-order valence-corrected chi connectivity index (χ0v) is 24.2. The summed E-state index contributed by atoms with van der Waals surface area (Å²) in [6.07, 6.45) is -4.06. The Bertz CT molecular complexity index is 1590. The molecule has 2 heterocycles. The summed E-state index contributed by atoms with van der Waals surface area (Å²) in [5, 5.41) is 8.21. The summed E-state index contributed by atoms with van der Waals surface area (Å²) in [6, 6.07) is 11.1. The van der Waals surface area contributed by atoms with Crippen LogP contribution in [0.4, 0.5) is 27.8 Å². The van der Waals surface area contributed by atoms with Crippen LogP contribution >= 0.6 is 0 Å². The van der Waals surface area contributed by atoms with Crippen molar-refractivity contribution in [3.63, 3.8) is 0 Å². The zero-order valence-electron chi connectivity index (χ0n) is 24.2. The van der Waals surface area contributed by atoms with E-state index < -0.39 is 43.2 Å². The summed E-state index contributed by atoms with van der Waals surface area (Å²) < 4.78 is 88.8. The van der Waals surface area contributed by atoms with Gasteiger partial charge in [0.1, 0.15) is 23.1 Å². The molecule has 0 radical (unpaired) electrons. The van der Waals surface area contributed by atoms with E-state index in [4.69, 9.17) is 14.2 Å². The largest absolute Gasteiger partial charge is 0.497 e. The first-order chi connectivity index (χ1) is 20.4. The van der Waals surface area contributed by atoms with Crippen LogP contribution in [0.3, 0.4) is 0 Å². The maximum atomic E-state index is 15.1. The Balaban J connectivity index is 1.60. The van der Waals surface area contributed by atoms with E-state index in [1.54, 1.807) is 26.4 Å². The highest BCUT2D eigenvalue weighted by Gasteiger charge is 2.54. The molecule has 0 bridgehead atoms. The maximum absolute atomic E-state index is 15.1. The van der Waals surface area contributed by atoms with Gasteiger partial charge in [0.05, 0.1) is 33.2 Å². The molecule has 13 heteroatoms. The predicted octanol–water partition coefficient (Wildman–Crippen LogP) is 6.75. The molecular weight excluding hydrogens is 573 g/mol. The lowest BCUT2D eigenvalue weighted by Gasteiger charge is -2.35. The second-order valence-electron chi connectivity index (χ2n) is 10.7. The van der Waals surface area contributed by atoms with Crippen molar-refractivity contribution < 1.29 is 36.2 Å². The van der Waals surface area contributed by atoms with Crippen LogP contribution in [-0.4, -0.2) is 53.0 Å². The SMILES string of the molecule is COc1ccc(CN(Cc2ccc(C)cc2OC)c2nccn3c(C4CC(C(F)(F)F)CCC4(F)F)nnc23)c(OC)c1. The minimum absolute atomic E-state index is 0.140. The van der Waals surface area contributed by atoms with Crippen molar-refractivity contribution in [1.29, 1.82) is 0 Å². The van der Waals surface area contributed by atoms with Crippen LogP contribution in [0, 0.1) is 12.8 Å². The van der Waals surface area contributed by atoms with Gasteiger partial charge in [-0.15, -0.1) is 10.2 Å². The molecule has 1 aliphatic carbocycles. The number of halogens is 5. The van der Waals surface area contributed by atoms with E-state index in [0.29, 0.717) is 23.1 Å². The first-order valence-corrected chi connectivity index (χ1v) is 13.7. The van der Waals surface area contributed by atoms with Crippen molar-refractivity contribution in [2.24, 2.45) is 5.92 Å². The lowest BCUT2D eigenvalue weighted by molar-refractivity contribution is -0.201. The molecule has 2 atom stereocenters. The Morgan fingerprint density at radius 3 is 2.28 bits per heavy atom. The van der Waals surface area contributed by atoms with Crippen LogP contribution in [0.2, 0.25) is 0 Å². The monoisotopic (exact) mass is 605 g/mol. The van der Waals surface area contributed by atoms with E-state index in [-0.39, 0.29) is 24.6 Å². The molecule has 2 unspecified atom stereocenters. The molecule has 2 aromatic carbocycles. The molecule has 0 aliphatic heterocycles. The highest BCUT2D eigenvalue weighted by molar-refractivity contribution is 5.65. The number of benzene rings is 2. The molecular formula is C30H32F5N5O3. The molecule has 2 aromatic heterocycles. The first kappa shape index (κ1) is 30.3. The van der Waals surface area contributed by atoms with Gasteiger partial charge < -0.3 is 19.1 Å². The summed E-state index contributed by atoms with van der Waals surface area (Å²) in [7, 11) is 4.65. The quantitative estimate of drug-likeness (QED) is 0.196. The second kappa shape index (κ2) is 11.8. The summed E-state index contributed by atoms with van der Waals surface area (Å²) in [5.41, 5.74) is 2.72. The predicted molar refractivity (Wildman–Crippen MR) is 149 cm³/mol. The van der Waals surface area contributed by atoms with E-state index in [2.05, 4.69) is 15.2 Å². The Hall–Kier alpha value is -4.16. The van der Waals surface area contributed by atoms with Crippen molar-refractivity contribution in [3.8, 4) is 17.2 Å². The standard InChI is InChI=1S/C30H32F5N5O3/c1-18-5-6-19(24(13-18)42-3)16-39(17-20-7-8-22(41-2)15-25(20)43-4)27-28-38-37-26(40(28)12-11-36-27)23-14-21(30(33,34)35)9-10-29(23,31)32/h5-8,11-13,15,21,23H,9-10,14,16-17H2,1-4H3. The molecule has 0 N–H and O–H groups in total. The number of methoxy groups -OCH3 is 3. The lowest BCUT2D eigenvalue weighted by atomic mass is 9.78. The van der Waals surface area contributed by atoms with E-state index in [1.165, 1.54) is 23.9 Å². The fraction of sp³-hybridized carbons (Fsp3) is 0.433. The zero-order chi connectivity index (χ0) is 30.9. The van der Waals surface area contributed by atoms with Crippen molar-refractivity contribution in [2.45, 2.75) is 57.3 Å². The molecule has 0 amide bonds. The van der Waals surface area contributed by atoms with Crippen molar-refractivity contribution in [3.05, 3.63) is 71.3 Å². The molecule has 230 valence electrons. The van der Waals surface area contributed by atoms with E-state index in [9.17, 15) is 13.2 Å².